The van der Waals surface area contributed by atoms with Crippen LogP contribution in [0.4, 0.5) is 0 Å². The SMILES string of the molecule is CCC(C)(C)NCCN1CCN(Cc2ccccc2)CC1. The number of hydrogen-bond donors (Lipinski definition) is 1. The fourth-order valence-corrected chi connectivity index (χ4v) is 2.69. The van der Waals surface area contributed by atoms with Gasteiger partial charge in [-0.2, -0.15) is 0 Å². The first-order valence-corrected chi connectivity index (χ1v) is 8.33. The number of nitrogens with zero attached hydrogens (tertiary/aromatic N) is 2. The minimum atomic E-state index is 0.273. The van der Waals surface area contributed by atoms with Crippen LogP contribution in [0.5, 0.6) is 0 Å². The van der Waals surface area contributed by atoms with Crippen molar-refractivity contribution >= 4 is 0 Å². The molecule has 0 unspecified atom stereocenters. The van der Waals surface area contributed by atoms with Crippen molar-refractivity contribution < 1.29 is 0 Å². The molecule has 3 nitrogen and oxygen atoms in total. The Morgan fingerprint density at radius 1 is 1.00 bits per heavy atom. The first kappa shape index (κ1) is 16.5. The Hall–Kier alpha value is -0.900. The number of nitrogens with one attached hydrogen (secondary N) is 1. The molecule has 0 aliphatic carbocycles. The lowest BCUT2D eigenvalue weighted by Crippen LogP contribution is -2.49. The van der Waals surface area contributed by atoms with E-state index in [0.717, 1.165) is 13.1 Å². The summed E-state index contributed by atoms with van der Waals surface area (Å²) in [4.78, 5) is 5.15. The maximum Gasteiger partial charge on any atom is 0.0234 e. The average Bonchev–Trinajstić information content (AvgIpc) is 2.50. The zero-order chi connectivity index (χ0) is 15.1. The highest BCUT2D eigenvalue weighted by molar-refractivity contribution is 5.14. The molecule has 2 rings (SSSR count). The summed E-state index contributed by atoms with van der Waals surface area (Å²) in [5.41, 5.74) is 1.70. The Labute approximate surface area is 130 Å². The van der Waals surface area contributed by atoms with Gasteiger partial charge in [-0.05, 0) is 25.8 Å². The summed E-state index contributed by atoms with van der Waals surface area (Å²) in [5, 5.41) is 3.65. The predicted octanol–water partition coefficient (Wildman–Crippen LogP) is 2.58. The number of hydrogen-bond acceptors (Lipinski definition) is 3. The summed E-state index contributed by atoms with van der Waals surface area (Å²) in [6, 6.07) is 10.8. The highest BCUT2D eigenvalue weighted by Gasteiger charge is 2.18. The molecule has 1 fully saturated rings. The number of rotatable bonds is 7. The molecule has 1 aromatic rings. The molecular weight excluding hydrogens is 258 g/mol. The average molecular weight is 289 g/mol. The van der Waals surface area contributed by atoms with Crippen molar-refractivity contribution in [2.45, 2.75) is 39.3 Å². The Kier molecular flexibility index (Phi) is 6.22. The molecular formula is C18H31N3. The number of benzene rings is 1. The number of piperazine rings is 1. The van der Waals surface area contributed by atoms with Crippen LogP contribution >= 0.6 is 0 Å². The first-order valence-electron chi connectivity index (χ1n) is 8.33. The van der Waals surface area contributed by atoms with Gasteiger partial charge in [-0.25, -0.2) is 0 Å². The molecule has 1 aliphatic rings. The molecule has 118 valence electrons. The second-order valence-corrected chi connectivity index (χ2v) is 6.77. The van der Waals surface area contributed by atoms with E-state index in [4.69, 9.17) is 0 Å². The van der Waals surface area contributed by atoms with Gasteiger partial charge in [0.25, 0.3) is 0 Å². The van der Waals surface area contributed by atoms with Crippen molar-refractivity contribution in [3.63, 3.8) is 0 Å². The van der Waals surface area contributed by atoms with Crippen LogP contribution in [0, 0.1) is 0 Å². The van der Waals surface area contributed by atoms with Gasteiger partial charge in [0.15, 0.2) is 0 Å². The summed E-state index contributed by atoms with van der Waals surface area (Å²) in [7, 11) is 0. The van der Waals surface area contributed by atoms with Crippen LogP contribution in [0.3, 0.4) is 0 Å². The van der Waals surface area contributed by atoms with Crippen LogP contribution in [-0.4, -0.2) is 54.6 Å². The fourth-order valence-electron chi connectivity index (χ4n) is 2.69. The Balaban J connectivity index is 1.64. The van der Waals surface area contributed by atoms with Gasteiger partial charge in [-0.15, -0.1) is 0 Å². The Bertz CT molecular complexity index is 394. The molecule has 0 aromatic heterocycles. The zero-order valence-electron chi connectivity index (χ0n) is 13.9. The van der Waals surface area contributed by atoms with E-state index in [-0.39, 0.29) is 5.54 Å². The van der Waals surface area contributed by atoms with Gasteiger partial charge in [0.05, 0.1) is 0 Å². The first-order chi connectivity index (χ1) is 10.1. The summed E-state index contributed by atoms with van der Waals surface area (Å²) >= 11 is 0. The molecule has 1 N–H and O–H groups in total. The second kappa shape index (κ2) is 7.92. The van der Waals surface area contributed by atoms with Crippen molar-refractivity contribution in [2.75, 3.05) is 39.3 Å². The van der Waals surface area contributed by atoms with Gasteiger partial charge < -0.3 is 5.32 Å². The Morgan fingerprint density at radius 3 is 2.24 bits per heavy atom. The highest BCUT2D eigenvalue weighted by Crippen LogP contribution is 2.09. The van der Waals surface area contributed by atoms with E-state index in [2.05, 4.69) is 66.2 Å². The lowest BCUT2D eigenvalue weighted by molar-refractivity contribution is 0.125. The van der Waals surface area contributed by atoms with Crippen molar-refractivity contribution in [3.8, 4) is 0 Å². The maximum atomic E-state index is 3.65. The van der Waals surface area contributed by atoms with Crippen LogP contribution in [-0.2, 0) is 6.54 Å². The molecule has 0 saturated carbocycles. The minimum absolute atomic E-state index is 0.273. The lowest BCUT2D eigenvalue weighted by Gasteiger charge is -2.35. The van der Waals surface area contributed by atoms with E-state index in [1.165, 1.54) is 44.7 Å². The monoisotopic (exact) mass is 289 g/mol. The van der Waals surface area contributed by atoms with Crippen LogP contribution in [0.25, 0.3) is 0 Å². The summed E-state index contributed by atoms with van der Waals surface area (Å²) < 4.78 is 0. The highest BCUT2D eigenvalue weighted by atomic mass is 15.3. The third kappa shape index (κ3) is 5.77. The van der Waals surface area contributed by atoms with Gasteiger partial charge >= 0.3 is 0 Å². The minimum Gasteiger partial charge on any atom is -0.311 e. The Morgan fingerprint density at radius 2 is 1.62 bits per heavy atom. The third-order valence-electron chi connectivity index (χ3n) is 4.63. The smallest absolute Gasteiger partial charge is 0.0234 e. The third-order valence-corrected chi connectivity index (χ3v) is 4.63. The molecule has 21 heavy (non-hydrogen) atoms. The molecule has 1 heterocycles. The van der Waals surface area contributed by atoms with Crippen LogP contribution in [0.1, 0.15) is 32.8 Å². The van der Waals surface area contributed by atoms with Crippen molar-refractivity contribution in [1.29, 1.82) is 0 Å². The maximum absolute atomic E-state index is 3.65. The quantitative estimate of drug-likeness (QED) is 0.832. The summed E-state index contributed by atoms with van der Waals surface area (Å²) in [6.07, 6.45) is 1.18. The van der Waals surface area contributed by atoms with Crippen LogP contribution < -0.4 is 5.32 Å². The van der Waals surface area contributed by atoms with E-state index in [1.807, 2.05) is 0 Å². The molecule has 0 spiro atoms. The van der Waals surface area contributed by atoms with Crippen molar-refractivity contribution in [2.24, 2.45) is 0 Å². The standard InChI is InChI=1S/C18H31N3/c1-4-18(2,3)19-10-11-20-12-14-21(15-13-20)16-17-8-6-5-7-9-17/h5-9,19H,4,10-16H2,1-3H3. The molecule has 0 radical (unpaired) electrons. The molecule has 3 heteroatoms. The van der Waals surface area contributed by atoms with Gasteiger partial charge in [-0.1, -0.05) is 37.3 Å². The molecule has 0 amide bonds. The van der Waals surface area contributed by atoms with Gasteiger partial charge in [0, 0.05) is 51.4 Å². The topological polar surface area (TPSA) is 18.5 Å². The van der Waals surface area contributed by atoms with E-state index in [0.29, 0.717) is 0 Å². The second-order valence-electron chi connectivity index (χ2n) is 6.77. The van der Waals surface area contributed by atoms with E-state index >= 15 is 0 Å². The van der Waals surface area contributed by atoms with Gasteiger partial charge in [0.2, 0.25) is 0 Å². The zero-order valence-corrected chi connectivity index (χ0v) is 13.9. The van der Waals surface area contributed by atoms with Crippen LogP contribution in [0.15, 0.2) is 30.3 Å². The normalized spacial score (nSPS) is 18.0. The van der Waals surface area contributed by atoms with E-state index in [9.17, 15) is 0 Å². The molecule has 0 atom stereocenters. The fraction of sp³-hybridized carbons (Fsp3) is 0.667. The lowest BCUT2D eigenvalue weighted by atomic mass is 10.0. The summed E-state index contributed by atoms with van der Waals surface area (Å²) in [5.74, 6) is 0. The van der Waals surface area contributed by atoms with Crippen LogP contribution in [0.2, 0.25) is 0 Å². The largest absolute Gasteiger partial charge is 0.311 e. The predicted molar refractivity (Wildman–Crippen MR) is 90.5 cm³/mol. The molecule has 1 aliphatic heterocycles. The van der Waals surface area contributed by atoms with E-state index < -0.39 is 0 Å². The van der Waals surface area contributed by atoms with Crippen molar-refractivity contribution in [1.82, 2.24) is 15.1 Å². The van der Waals surface area contributed by atoms with Gasteiger partial charge in [0.1, 0.15) is 0 Å². The molecule has 1 aromatic carbocycles. The summed E-state index contributed by atoms with van der Waals surface area (Å²) in [6.45, 7) is 14.9. The molecule has 0 bridgehead atoms. The van der Waals surface area contributed by atoms with Crippen molar-refractivity contribution in [3.05, 3.63) is 35.9 Å². The van der Waals surface area contributed by atoms with Gasteiger partial charge in [-0.3, -0.25) is 9.80 Å². The molecule has 1 saturated heterocycles. The van der Waals surface area contributed by atoms with E-state index in [1.54, 1.807) is 0 Å².